The van der Waals surface area contributed by atoms with Gasteiger partial charge in [-0.15, -0.1) is 0 Å². The fourth-order valence-corrected chi connectivity index (χ4v) is 8.71. The molecule has 0 spiro atoms. The van der Waals surface area contributed by atoms with Crippen molar-refractivity contribution in [1.29, 1.82) is 0 Å². The lowest BCUT2D eigenvalue weighted by molar-refractivity contribution is -0.256. The molecule has 4 aliphatic rings. The Hall–Kier alpha value is -2.99. The molecule has 6 heteroatoms. The summed E-state index contributed by atoms with van der Waals surface area (Å²) in [6, 6.07) is 19.2. The molecule has 0 aromatic heterocycles. The van der Waals surface area contributed by atoms with E-state index >= 15 is 0 Å². The highest BCUT2D eigenvalue weighted by Crippen LogP contribution is 2.68. The van der Waals surface area contributed by atoms with E-state index in [-0.39, 0.29) is 72.0 Å². The molecule has 0 unspecified atom stereocenters. The molecule has 8 atom stereocenters. The molecule has 4 fully saturated rings. The van der Waals surface area contributed by atoms with E-state index in [1.807, 2.05) is 36.4 Å². The van der Waals surface area contributed by atoms with Crippen LogP contribution in [0, 0.1) is 34.5 Å². The number of rotatable bonds is 6. The molecule has 3 saturated carbocycles. The maximum atomic E-state index is 13.2. The summed E-state index contributed by atoms with van der Waals surface area (Å²) >= 11 is 0. The third-order valence-corrected chi connectivity index (χ3v) is 10.7. The van der Waals surface area contributed by atoms with Gasteiger partial charge >= 0.3 is 11.9 Å². The second-order valence-corrected chi connectivity index (χ2v) is 12.5. The van der Waals surface area contributed by atoms with Gasteiger partial charge in [-0.3, -0.25) is 9.59 Å². The standard InChI is InChI=1S/C33H38O6/c1-21-26-18-29-33(20-38-31(36)23-11-7-4-8-12-23)24(16-30(35)39-29)15-25(34)17-28(33)32(26,2)14-13-27(21)37-19-22-9-5-3-6-10-22/h3-12,21,24,26-29H,13-20H2,1-2H3/t21-,24+,26-,27-,28-,29+,32-,33-/m0/s1. The fraction of sp³-hybridized carbons (Fsp3) is 0.545. The van der Waals surface area contributed by atoms with Crippen molar-refractivity contribution in [2.45, 2.75) is 71.2 Å². The normalized spacial score (nSPS) is 37.3. The molecule has 39 heavy (non-hydrogen) atoms. The van der Waals surface area contributed by atoms with Crippen molar-refractivity contribution in [2.75, 3.05) is 6.61 Å². The predicted molar refractivity (Wildman–Crippen MR) is 145 cm³/mol. The average Bonchev–Trinajstić information content (AvgIpc) is 2.94. The van der Waals surface area contributed by atoms with Gasteiger partial charge < -0.3 is 14.2 Å². The maximum Gasteiger partial charge on any atom is 0.338 e. The van der Waals surface area contributed by atoms with E-state index in [0.29, 0.717) is 31.4 Å². The summed E-state index contributed by atoms with van der Waals surface area (Å²) in [5.41, 5.74) is 0.973. The minimum atomic E-state index is -0.547. The minimum Gasteiger partial charge on any atom is -0.462 e. The first-order valence-electron chi connectivity index (χ1n) is 14.4. The van der Waals surface area contributed by atoms with E-state index in [4.69, 9.17) is 14.2 Å². The Morgan fingerprint density at radius 1 is 1.00 bits per heavy atom. The second-order valence-electron chi connectivity index (χ2n) is 12.5. The number of esters is 2. The zero-order valence-electron chi connectivity index (χ0n) is 22.8. The highest BCUT2D eigenvalue weighted by molar-refractivity contribution is 5.89. The summed E-state index contributed by atoms with van der Waals surface area (Å²) in [6.07, 6.45) is 3.29. The molecule has 0 N–H and O–H groups in total. The first kappa shape index (κ1) is 26.2. The van der Waals surface area contributed by atoms with Crippen LogP contribution in [0.2, 0.25) is 0 Å². The first-order valence-corrected chi connectivity index (χ1v) is 14.4. The Morgan fingerprint density at radius 3 is 2.46 bits per heavy atom. The number of Topliss-reactive ketones (excluding diaryl/α,β-unsaturated/α-hetero) is 1. The topological polar surface area (TPSA) is 78.9 Å². The number of hydrogen-bond acceptors (Lipinski definition) is 6. The van der Waals surface area contributed by atoms with Crippen molar-refractivity contribution in [1.82, 2.24) is 0 Å². The van der Waals surface area contributed by atoms with E-state index in [9.17, 15) is 14.4 Å². The van der Waals surface area contributed by atoms with Crippen LogP contribution in [-0.2, 0) is 30.4 Å². The largest absolute Gasteiger partial charge is 0.462 e. The number of hydrogen-bond donors (Lipinski definition) is 0. The van der Waals surface area contributed by atoms with Gasteiger partial charge in [-0.05, 0) is 66.0 Å². The Bertz CT molecular complexity index is 1230. The molecule has 2 aromatic rings. The SMILES string of the molecule is C[C@@H]1[C@@H](OCc2ccccc2)CC[C@@]2(C)[C@H]1C[C@H]1OC(=O)C[C@H]3CC(=O)C[C@@H]2[C@]31COC(=O)c1ccccc1. The van der Waals surface area contributed by atoms with E-state index in [2.05, 4.69) is 26.0 Å². The van der Waals surface area contributed by atoms with Crippen LogP contribution < -0.4 is 0 Å². The Labute approximate surface area is 230 Å². The van der Waals surface area contributed by atoms with Gasteiger partial charge in [-0.2, -0.15) is 0 Å². The van der Waals surface area contributed by atoms with Gasteiger partial charge in [-0.25, -0.2) is 4.79 Å². The van der Waals surface area contributed by atoms with Crippen molar-refractivity contribution >= 4 is 17.7 Å². The van der Waals surface area contributed by atoms with Crippen molar-refractivity contribution in [3.8, 4) is 0 Å². The zero-order valence-corrected chi connectivity index (χ0v) is 22.8. The van der Waals surface area contributed by atoms with Crippen LogP contribution in [0.5, 0.6) is 0 Å². The van der Waals surface area contributed by atoms with Gasteiger partial charge in [0.1, 0.15) is 18.5 Å². The Balaban J connectivity index is 1.29. The van der Waals surface area contributed by atoms with Crippen molar-refractivity contribution in [3.63, 3.8) is 0 Å². The highest BCUT2D eigenvalue weighted by Gasteiger charge is 2.69. The first-order chi connectivity index (χ1) is 18.8. The molecule has 0 radical (unpaired) electrons. The smallest absolute Gasteiger partial charge is 0.338 e. The third-order valence-electron chi connectivity index (χ3n) is 10.7. The molecule has 6 rings (SSSR count). The second kappa shape index (κ2) is 10.2. The van der Waals surface area contributed by atoms with E-state index in [1.165, 1.54) is 0 Å². The molecule has 0 bridgehead atoms. The molecule has 6 nitrogen and oxygen atoms in total. The van der Waals surface area contributed by atoms with Crippen molar-refractivity contribution < 1.29 is 28.6 Å². The van der Waals surface area contributed by atoms with Gasteiger partial charge in [0.25, 0.3) is 0 Å². The van der Waals surface area contributed by atoms with Crippen LogP contribution >= 0.6 is 0 Å². The molecule has 206 valence electrons. The lowest BCUT2D eigenvalue weighted by atomic mass is 9.39. The average molecular weight is 531 g/mol. The van der Waals surface area contributed by atoms with Crippen molar-refractivity contribution in [2.24, 2.45) is 34.5 Å². The van der Waals surface area contributed by atoms with Crippen LogP contribution in [0.1, 0.15) is 68.3 Å². The van der Waals surface area contributed by atoms with Crippen molar-refractivity contribution in [3.05, 3.63) is 71.8 Å². The summed E-state index contributed by atoms with van der Waals surface area (Å²) in [5, 5.41) is 0. The van der Waals surface area contributed by atoms with Crippen LogP contribution in [-0.4, -0.2) is 36.5 Å². The molecule has 1 saturated heterocycles. The van der Waals surface area contributed by atoms with Crippen LogP contribution in [0.25, 0.3) is 0 Å². The molecule has 1 heterocycles. The summed E-state index contributed by atoms with van der Waals surface area (Å²) in [5.74, 6) is -0.115. The molecule has 1 aliphatic heterocycles. The number of ketones is 1. The van der Waals surface area contributed by atoms with Gasteiger partial charge in [0.15, 0.2) is 0 Å². The quantitative estimate of drug-likeness (QED) is 0.441. The van der Waals surface area contributed by atoms with Gasteiger partial charge in [0, 0.05) is 24.7 Å². The molecule has 3 aliphatic carbocycles. The molecular weight excluding hydrogens is 492 g/mol. The van der Waals surface area contributed by atoms with E-state index in [0.717, 1.165) is 18.4 Å². The highest BCUT2D eigenvalue weighted by atomic mass is 16.6. The van der Waals surface area contributed by atoms with E-state index in [1.54, 1.807) is 12.1 Å². The van der Waals surface area contributed by atoms with Crippen LogP contribution in [0.3, 0.4) is 0 Å². The number of fused-ring (bicyclic) bond motifs is 2. The number of carbonyl (C=O) groups excluding carboxylic acids is 3. The molecule has 2 aromatic carbocycles. The monoisotopic (exact) mass is 530 g/mol. The number of benzene rings is 2. The Morgan fingerprint density at radius 2 is 1.72 bits per heavy atom. The third kappa shape index (κ3) is 4.51. The molecule has 0 amide bonds. The van der Waals surface area contributed by atoms with E-state index < -0.39 is 5.41 Å². The predicted octanol–water partition coefficient (Wildman–Crippen LogP) is 5.78. The summed E-state index contributed by atoms with van der Waals surface area (Å²) in [6.45, 7) is 5.33. The fourth-order valence-electron chi connectivity index (χ4n) is 8.71. The number of ether oxygens (including phenoxy) is 3. The number of carbonyl (C=O) groups is 3. The summed E-state index contributed by atoms with van der Waals surface area (Å²) < 4.78 is 18.6. The van der Waals surface area contributed by atoms with Crippen LogP contribution in [0.4, 0.5) is 0 Å². The van der Waals surface area contributed by atoms with Crippen LogP contribution in [0.15, 0.2) is 60.7 Å². The lowest BCUT2D eigenvalue weighted by Crippen LogP contribution is -2.69. The van der Waals surface area contributed by atoms with Gasteiger partial charge in [0.2, 0.25) is 0 Å². The maximum absolute atomic E-state index is 13.2. The van der Waals surface area contributed by atoms with Gasteiger partial charge in [-0.1, -0.05) is 62.4 Å². The minimum absolute atomic E-state index is 0.0193. The summed E-state index contributed by atoms with van der Waals surface area (Å²) in [7, 11) is 0. The Kier molecular flexibility index (Phi) is 6.86. The van der Waals surface area contributed by atoms with Gasteiger partial charge in [0.05, 0.1) is 18.3 Å². The molecular formula is C33H38O6. The zero-order chi connectivity index (χ0) is 27.2. The lowest BCUT2D eigenvalue weighted by Gasteiger charge is -2.67. The summed E-state index contributed by atoms with van der Waals surface area (Å²) in [4.78, 5) is 39.0.